The van der Waals surface area contributed by atoms with Gasteiger partial charge in [-0.05, 0) is 25.8 Å². The fraction of sp³-hybridized carbons (Fsp3) is 0.533. The highest BCUT2D eigenvalue weighted by molar-refractivity contribution is 5.77. The molecule has 0 aliphatic carbocycles. The van der Waals surface area contributed by atoms with Crippen molar-refractivity contribution in [3.8, 4) is 5.75 Å². The molecule has 0 aliphatic rings. The van der Waals surface area contributed by atoms with Gasteiger partial charge in [0.2, 0.25) is 0 Å². The van der Waals surface area contributed by atoms with E-state index in [4.69, 9.17) is 4.74 Å². The fourth-order valence-electron chi connectivity index (χ4n) is 1.67. The minimum atomic E-state index is -0.561. The van der Waals surface area contributed by atoms with E-state index in [2.05, 4.69) is 5.32 Å². The molecular formula is C15H23NO3. The maximum atomic E-state index is 11.6. The Labute approximate surface area is 114 Å². The van der Waals surface area contributed by atoms with E-state index in [1.54, 1.807) is 6.07 Å². The van der Waals surface area contributed by atoms with E-state index in [0.29, 0.717) is 12.2 Å². The molecule has 0 radical (unpaired) electrons. The van der Waals surface area contributed by atoms with Gasteiger partial charge in [0, 0.05) is 11.6 Å². The van der Waals surface area contributed by atoms with Gasteiger partial charge in [0.1, 0.15) is 5.75 Å². The number of hydrogen-bond acceptors (Lipinski definition) is 3. The smallest absolute Gasteiger partial charge is 0.258 e. The first kappa shape index (κ1) is 15.5. The molecule has 2 N–H and O–H groups in total. The summed E-state index contributed by atoms with van der Waals surface area (Å²) in [6.07, 6.45) is 0.935. The molecule has 0 heterocycles. The first-order valence-corrected chi connectivity index (χ1v) is 6.77. The van der Waals surface area contributed by atoms with Gasteiger partial charge in [-0.1, -0.05) is 32.0 Å². The lowest BCUT2D eigenvalue weighted by Crippen LogP contribution is -2.35. The standard InChI is InChI=1S/C15H23NO3/c1-4-11(3)16-15(18)10-19-14-9-7-6-8-12(14)13(17)5-2/h6-9,11,13,17H,4-5,10H2,1-3H3,(H,16,18). The number of nitrogens with one attached hydrogen (secondary N) is 1. The Morgan fingerprint density at radius 3 is 2.63 bits per heavy atom. The number of benzene rings is 1. The molecule has 1 aromatic carbocycles. The van der Waals surface area contributed by atoms with E-state index >= 15 is 0 Å². The molecule has 0 spiro atoms. The molecule has 1 aromatic rings. The van der Waals surface area contributed by atoms with Crippen molar-refractivity contribution in [1.29, 1.82) is 0 Å². The monoisotopic (exact) mass is 265 g/mol. The minimum absolute atomic E-state index is 0.0300. The molecule has 0 aromatic heterocycles. The van der Waals surface area contributed by atoms with Crippen molar-refractivity contribution in [3.05, 3.63) is 29.8 Å². The second kappa shape index (κ2) is 7.79. The molecular weight excluding hydrogens is 242 g/mol. The maximum absolute atomic E-state index is 11.6. The van der Waals surface area contributed by atoms with Crippen molar-refractivity contribution in [2.45, 2.75) is 45.8 Å². The van der Waals surface area contributed by atoms with Crippen molar-refractivity contribution in [2.75, 3.05) is 6.61 Å². The van der Waals surface area contributed by atoms with Gasteiger partial charge in [0.25, 0.3) is 5.91 Å². The molecule has 1 amide bonds. The predicted octanol–water partition coefficient (Wildman–Crippen LogP) is 2.42. The zero-order chi connectivity index (χ0) is 14.3. The van der Waals surface area contributed by atoms with Crippen molar-refractivity contribution in [3.63, 3.8) is 0 Å². The van der Waals surface area contributed by atoms with Gasteiger partial charge in [-0.3, -0.25) is 4.79 Å². The third kappa shape index (κ3) is 4.91. The number of rotatable bonds is 7. The topological polar surface area (TPSA) is 58.6 Å². The van der Waals surface area contributed by atoms with Gasteiger partial charge >= 0.3 is 0 Å². The normalized spacial score (nSPS) is 13.7. The summed E-state index contributed by atoms with van der Waals surface area (Å²) in [5.41, 5.74) is 0.723. The highest BCUT2D eigenvalue weighted by atomic mass is 16.5. The van der Waals surface area contributed by atoms with Crippen LogP contribution in [0, 0.1) is 0 Å². The molecule has 0 fully saturated rings. The van der Waals surface area contributed by atoms with E-state index in [1.165, 1.54) is 0 Å². The number of carbonyl (C=O) groups is 1. The fourth-order valence-corrected chi connectivity index (χ4v) is 1.67. The van der Waals surface area contributed by atoms with Gasteiger partial charge in [-0.15, -0.1) is 0 Å². The average molecular weight is 265 g/mol. The highest BCUT2D eigenvalue weighted by Gasteiger charge is 2.12. The average Bonchev–Trinajstić information content (AvgIpc) is 2.44. The summed E-state index contributed by atoms with van der Waals surface area (Å²) >= 11 is 0. The molecule has 0 saturated heterocycles. The van der Waals surface area contributed by atoms with E-state index in [9.17, 15) is 9.90 Å². The van der Waals surface area contributed by atoms with Crippen LogP contribution in [0.15, 0.2) is 24.3 Å². The molecule has 1 rings (SSSR count). The number of aliphatic hydroxyl groups is 1. The van der Waals surface area contributed by atoms with Crippen LogP contribution in [-0.2, 0) is 4.79 Å². The lowest BCUT2D eigenvalue weighted by Gasteiger charge is -2.16. The van der Waals surface area contributed by atoms with Gasteiger partial charge in [0.05, 0.1) is 6.10 Å². The first-order valence-electron chi connectivity index (χ1n) is 6.77. The summed E-state index contributed by atoms with van der Waals surface area (Å²) in [4.78, 5) is 11.6. The maximum Gasteiger partial charge on any atom is 0.258 e. The van der Waals surface area contributed by atoms with E-state index in [0.717, 1.165) is 12.0 Å². The lowest BCUT2D eigenvalue weighted by atomic mass is 10.1. The van der Waals surface area contributed by atoms with E-state index < -0.39 is 6.10 Å². The third-order valence-corrected chi connectivity index (χ3v) is 3.04. The summed E-state index contributed by atoms with van der Waals surface area (Å²) in [6.45, 7) is 5.83. The summed E-state index contributed by atoms with van der Waals surface area (Å²) in [6, 6.07) is 7.40. The van der Waals surface area contributed by atoms with Crippen molar-refractivity contribution < 1.29 is 14.6 Å². The summed E-state index contributed by atoms with van der Waals surface area (Å²) in [5, 5.41) is 12.7. The van der Waals surface area contributed by atoms with E-state index in [-0.39, 0.29) is 18.6 Å². The van der Waals surface area contributed by atoms with Crippen LogP contribution in [0.1, 0.15) is 45.3 Å². The van der Waals surface area contributed by atoms with Gasteiger partial charge < -0.3 is 15.2 Å². The molecule has 0 saturated carbocycles. The highest BCUT2D eigenvalue weighted by Crippen LogP contribution is 2.26. The first-order chi connectivity index (χ1) is 9.08. The Morgan fingerprint density at radius 1 is 1.32 bits per heavy atom. The Kier molecular flexibility index (Phi) is 6.36. The van der Waals surface area contributed by atoms with Crippen LogP contribution in [0.25, 0.3) is 0 Å². The number of aliphatic hydroxyl groups excluding tert-OH is 1. The Balaban J connectivity index is 2.60. The Bertz CT molecular complexity index is 406. The van der Waals surface area contributed by atoms with Crippen molar-refractivity contribution in [2.24, 2.45) is 0 Å². The number of para-hydroxylation sites is 1. The van der Waals surface area contributed by atoms with E-state index in [1.807, 2.05) is 39.0 Å². The quantitative estimate of drug-likeness (QED) is 0.796. The Hall–Kier alpha value is -1.55. The predicted molar refractivity (Wildman–Crippen MR) is 75.1 cm³/mol. The molecule has 19 heavy (non-hydrogen) atoms. The summed E-state index contributed by atoms with van der Waals surface area (Å²) in [7, 11) is 0. The van der Waals surface area contributed by atoms with Crippen molar-refractivity contribution >= 4 is 5.91 Å². The SMILES string of the molecule is CCC(C)NC(=O)COc1ccccc1C(O)CC. The van der Waals surface area contributed by atoms with Crippen LogP contribution < -0.4 is 10.1 Å². The molecule has 2 unspecified atom stereocenters. The second-order valence-corrected chi connectivity index (χ2v) is 4.63. The molecule has 106 valence electrons. The number of carbonyl (C=O) groups excluding carboxylic acids is 1. The number of ether oxygens (including phenoxy) is 1. The molecule has 0 aliphatic heterocycles. The minimum Gasteiger partial charge on any atom is -0.483 e. The molecule has 2 atom stereocenters. The molecule has 4 nitrogen and oxygen atoms in total. The van der Waals surface area contributed by atoms with Crippen LogP contribution in [-0.4, -0.2) is 23.7 Å². The van der Waals surface area contributed by atoms with Gasteiger partial charge in [-0.25, -0.2) is 0 Å². The zero-order valence-electron chi connectivity index (χ0n) is 11.8. The zero-order valence-corrected chi connectivity index (χ0v) is 11.8. The molecule has 4 heteroatoms. The van der Waals surface area contributed by atoms with Crippen LogP contribution in [0.3, 0.4) is 0 Å². The summed E-state index contributed by atoms with van der Waals surface area (Å²) < 4.78 is 5.50. The van der Waals surface area contributed by atoms with Crippen LogP contribution in [0.2, 0.25) is 0 Å². The van der Waals surface area contributed by atoms with Gasteiger partial charge in [0.15, 0.2) is 6.61 Å². The van der Waals surface area contributed by atoms with Crippen LogP contribution in [0.5, 0.6) is 5.75 Å². The molecule has 0 bridgehead atoms. The van der Waals surface area contributed by atoms with Gasteiger partial charge in [-0.2, -0.15) is 0 Å². The third-order valence-electron chi connectivity index (χ3n) is 3.04. The van der Waals surface area contributed by atoms with Crippen LogP contribution in [0.4, 0.5) is 0 Å². The van der Waals surface area contributed by atoms with Crippen molar-refractivity contribution in [1.82, 2.24) is 5.32 Å². The second-order valence-electron chi connectivity index (χ2n) is 4.63. The van der Waals surface area contributed by atoms with Crippen LogP contribution >= 0.6 is 0 Å². The Morgan fingerprint density at radius 2 is 2.00 bits per heavy atom. The number of hydrogen-bond donors (Lipinski definition) is 2. The number of amides is 1. The lowest BCUT2D eigenvalue weighted by molar-refractivity contribution is -0.123. The summed E-state index contributed by atoms with van der Waals surface area (Å²) in [5.74, 6) is 0.422. The largest absolute Gasteiger partial charge is 0.483 e.